The van der Waals surface area contributed by atoms with E-state index in [-0.39, 0.29) is 5.75 Å². The van der Waals surface area contributed by atoms with Crippen molar-refractivity contribution in [1.29, 1.82) is 0 Å². The summed E-state index contributed by atoms with van der Waals surface area (Å²) in [5, 5.41) is 31.8. The Morgan fingerprint density at radius 2 is 1.85 bits per heavy atom. The Morgan fingerprint density at radius 3 is 2.45 bits per heavy atom. The molecule has 7 heteroatoms. The number of nitrogens with zero attached hydrogens (tertiary/aromatic N) is 4. The lowest BCUT2D eigenvalue weighted by Crippen LogP contribution is -2.29. The minimum absolute atomic E-state index is 0.197. The molecule has 1 aromatic heterocycles. The quantitative estimate of drug-likeness (QED) is 0.793. The highest BCUT2D eigenvalue weighted by Gasteiger charge is 2.24. The number of aromatic hydroxyl groups is 1. The van der Waals surface area contributed by atoms with Crippen molar-refractivity contribution >= 4 is 11.8 Å². The highest BCUT2D eigenvalue weighted by Crippen LogP contribution is 2.26. The first-order valence-electron chi connectivity index (χ1n) is 6.51. The van der Waals surface area contributed by atoms with Crippen molar-refractivity contribution < 1.29 is 10.2 Å². The van der Waals surface area contributed by atoms with Crippen LogP contribution in [0.2, 0.25) is 0 Å². The van der Waals surface area contributed by atoms with Gasteiger partial charge in [-0.1, -0.05) is 25.6 Å². The van der Waals surface area contributed by atoms with E-state index in [9.17, 15) is 10.2 Å². The lowest BCUT2D eigenvalue weighted by atomic mass is 10.0. The molecule has 0 atom stereocenters. The Balaban J connectivity index is 2.15. The fraction of sp³-hybridized carbons (Fsp3) is 0.462. The van der Waals surface area contributed by atoms with Gasteiger partial charge in [0.2, 0.25) is 5.16 Å². The van der Waals surface area contributed by atoms with Crippen molar-refractivity contribution in [1.82, 2.24) is 20.2 Å². The van der Waals surface area contributed by atoms with Gasteiger partial charge in [-0.15, -0.1) is 5.10 Å². The predicted octanol–water partition coefficient (Wildman–Crippen LogP) is 2.01. The van der Waals surface area contributed by atoms with Gasteiger partial charge in [-0.05, 0) is 47.5 Å². The van der Waals surface area contributed by atoms with Gasteiger partial charge in [-0.2, -0.15) is 4.68 Å². The molecule has 0 bridgehead atoms. The summed E-state index contributed by atoms with van der Waals surface area (Å²) in [5.41, 5.74) is 0.0722. The molecule has 6 nitrogen and oxygen atoms in total. The molecular formula is C13H18N4O2S. The zero-order valence-electron chi connectivity index (χ0n) is 11.5. The lowest BCUT2D eigenvalue weighted by Gasteiger charge is -2.23. The number of tetrazole rings is 1. The summed E-state index contributed by atoms with van der Waals surface area (Å²) >= 11 is 1.42. The summed E-state index contributed by atoms with van der Waals surface area (Å²) in [6, 6.07) is 6.64. The van der Waals surface area contributed by atoms with E-state index in [0.29, 0.717) is 23.8 Å². The van der Waals surface area contributed by atoms with Crippen molar-refractivity contribution in [2.24, 2.45) is 0 Å². The van der Waals surface area contributed by atoms with Crippen molar-refractivity contribution in [3.05, 3.63) is 24.3 Å². The number of aliphatic hydroxyl groups is 1. The molecule has 0 radical (unpaired) electrons. The highest BCUT2D eigenvalue weighted by molar-refractivity contribution is 7.99. The Morgan fingerprint density at radius 1 is 1.20 bits per heavy atom. The van der Waals surface area contributed by atoms with E-state index < -0.39 is 5.60 Å². The van der Waals surface area contributed by atoms with Crippen LogP contribution in [0.3, 0.4) is 0 Å². The van der Waals surface area contributed by atoms with Crippen LogP contribution in [0.4, 0.5) is 0 Å². The van der Waals surface area contributed by atoms with Crippen LogP contribution in [0.25, 0.3) is 5.69 Å². The Hall–Kier alpha value is -1.60. The zero-order chi connectivity index (χ0) is 14.6. The highest BCUT2D eigenvalue weighted by atomic mass is 32.2. The summed E-state index contributed by atoms with van der Waals surface area (Å²) in [4.78, 5) is 0. The van der Waals surface area contributed by atoms with Crippen LogP contribution >= 0.6 is 11.8 Å². The monoisotopic (exact) mass is 294 g/mol. The third-order valence-electron chi connectivity index (χ3n) is 3.32. The lowest BCUT2D eigenvalue weighted by molar-refractivity contribution is 0.0571. The molecule has 2 rings (SSSR count). The molecule has 0 spiro atoms. The molecule has 2 N–H and O–H groups in total. The van der Waals surface area contributed by atoms with Crippen LogP contribution in [0.15, 0.2) is 29.4 Å². The molecule has 2 aromatic rings. The minimum Gasteiger partial charge on any atom is -0.508 e. The molecule has 108 valence electrons. The number of hydrogen-bond acceptors (Lipinski definition) is 6. The van der Waals surface area contributed by atoms with Gasteiger partial charge in [-0.3, -0.25) is 0 Å². The molecule has 0 saturated carbocycles. The van der Waals surface area contributed by atoms with Gasteiger partial charge in [0.15, 0.2) is 0 Å². The number of phenolic OH excluding ortho intramolecular Hbond substituents is 1. The molecule has 1 heterocycles. The molecule has 0 amide bonds. The van der Waals surface area contributed by atoms with Gasteiger partial charge in [0.05, 0.1) is 11.3 Å². The Bertz CT molecular complexity index is 552. The van der Waals surface area contributed by atoms with E-state index in [1.54, 1.807) is 28.9 Å². The van der Waals surface area contributed by atoms with Gasteiger partial charge in [-0.25, -0.2) is 0 Å². The number of aromatic nitrogens is 4. The molecule has 0 aliphatic carbocycles. The number of phenols is 1. The first-order valence-corrected chi connectivity index (χ1v) is 7.49. The van der Waals surface area contributed by atoms with E-state index in [1.165, 1.54) is 11.8 Å². The molecular weight excluding hydrogens is 276 g/mol. The van der Waals surface area contributed by atoms with E-state index in [2.05, 4.69) is 15.5 Å². The average molecular weight is 294 g/mol. The molecule has 0 aliphatic rings. The van der Waals surface area contributed by atoms with Crippen LogP contribution in [0.1, 0.15) is 26.7 Å². The summed E-state index contributed by atoms with van der Waals surface area (Å²) in [5.74, 6) is 0.737. The molecule has 0 saturated heterocycles. The van der Waals surface area contributed by atoms with Crippen molar-refractivity contribution in [3.63, 3.8) is 0 Å². The van der Waals surface area contributed by atoms with Crippen molar-refractivity contribution in [3.8, 4) is 11.4 Å². The summed E-state index contributed by atoms with van der Waals surface area (Å²) in [6.45, 7) is 3.93. The fourth-order valence-corrected chi connectivity index (χ4v) is 2.84. The van der Waals surface area contributed by atoms with Crippen molar-refractivity contribution in [2.75, 3.05) is 5.75 Å². The smallest absolute Gasteiger partial charge is 0.214 e. The molecule has 0 aliphatic heterocycles. The molecule has 0 fully saturated rings. The number of thioether (sulfide) groups is 1. The topological polar surface area (TPSA) is 84.1 Å². The fourth-order valence-electron chi connectivity index (χ4n) is 1.68. The second-order valence-electron chi connectivity index (χ2n) is 4.61. The predicted molar refractivity (Wildman–Crippen MR) is 77.1 cm³/mol. The van der Waals surface area contributed by atoms with E-state index in [1.807, 2.05) is 13.8 Å². The average Bonchev–Trinajstić information content (AvgIpc) is 2.94. The first kappa shape index (κ1) is 14.8. The second-order valence-corrected chi connectivity index (χ2v) is 5.55. The van der Waals surface area contributed by atoms with E-state index in [0.717, 1.165) is 5.69 Å². The van der Waals surface area contributed by atoms with Crippen LogP contribution in [0.5, 0.6) is 5.75 Å². The largest absolute Gasteiger partial charge is 0.508 e. The standard InChI is InChI=1S/C13H18N4O2S/c1-3-13(19,4-2)9-20-12-14-15-16-17(12)10-5-7-11(18)8-6-10/h5-8,18-19H,3-4,9H2,1-2H3. The third kappa shape index (κ3) is 3.29. The van der Waals surface area contributed by atoms with Gasteiger partial charge in [0.25, 0.3) is 0 Å². The molecule has 0 unspecified atom stereocenters. The van der Waals surface area contributed by atoms with Gasteiger partial charge < -0.3 is 10.2 Å². The number of hydrogen-bond donors (Lipinski definition) is 2. The molecule has 20 heavy (non-hydrogen) atoms. The SMILES string of the molecule is CCC(O)(CC)CSc1nnnn1-c1ccc(O)cc1. The van der Waals surface area contributed by atoms with Crippen LogP contribution in [0, 0.1) is 0 Å². The molecule has 1 aromatic carbocycles. The third-order valence-corrected chi connectivity index (χ3v) is 4.52. The Kier molecular flexibility index (Phi) is 4.61. The summed E-state index contributed by atoms with van der Waals surface area (Å²) in [6.07, 6.45) is 1.38. The Labute approximate surface area is 121 Å². The normalized spacial score (nSPS) is 11.8. The van der Waals surface area contributed by atoms with E-state index >= 15 is 0 Å². The van der Waals surface area contributed by atoms with E-state index in [4.69, 9.17) is 0 Å². The number of benzene rings is 1. The van der Waals surface area contributed by atoms with Crippen LogP contribution < -0.4 is 0 Å². The van der Waals surface area contributed by atoms with Gasteiger partial charge in [0, 0.05) is 5.75 Å². The van der Waals surface area contributed by atoms with Gasteiger partial charge >= 0.3 is 0 Å². The summed E-state index contributed by atoms with van der Waals surface area (Å²) in [7, 11) is 0. The maximum atomic E-state index is 10.3. The van der Waals surface area contributed by atoms with Gasteiger partial charge in [0.1, 0.15) is 5.75 Å². The minimum atomic E-state index is -0.698. The maximum Gasteiger partial charge on any atom is 0.214 e. The summed E-state index contributed by atoms with van der Waals surface area (Å²) < 4.78 is 1.59. The van der Waals surface area contributed by atoms with Crippen LogP contribution in [-0.4, -0.2) is 41.8 Å². The van der Waals surface area contributed by atoms with Crippen LogP contribution in [-0.2, 0) is 0 Å². The maximum absolute atomic E-state index is 10.3. The second kappa shape index (κ2) is 6.23. The number of rotatable bonds is 6. The van der Waals surface area contributed by atoms with Crippen molar-refractivity contribution in [2.45, 2.75) is 37.4 Å². The first-order chi connectivity index (χ1) is 9.58. The zero-order valence-corrected chi connectivity index (χ0v) is 12.3.